The summed E-state index contributed by atoms with van der Waals surface area (Å²) in [6.45, 7) is 1.15. The molecule has 1 aliphatic heterocycles. The zero-order valence-electron chi connectivity index (χ0n) is 8.85. The lowest BCUT2D eigenvalue weighted by Gasteiger charge is -2.13. The molecular weight excluding hydrogens is 223 g/mol. The summed E-state index contributed by atoms with van der Waals surface area (Å²) < 4.78 is 15.1. The predicted molar refractivity (Wildman–Crippen MR) is 57.7 cm³/mol. The maximum atomic E-state index is 13.5. The van der Waals surface area contributed by atoms with Crippen LogP contribution in [0.3, 0.4) is 0 Å². The van der Waals surface area contributed by atoms with Gasteiger partial charge in [-0.3, -0.25) is 14.5 Å². The van der Waals surface area contributed by atoms with Crippen molar-refractivity contribution in [3.8, 4) is 11.3 Å². The van der Waals surface area contributed by atoms with E-state index < -0.39 is 5.82 Å². The Kier molecular flexibility index (Phi) is 2.14. The first-order valence-corrected chi connectivity index (χ1v) is 5.21. The minimum absolute atomic E-state index is 0.176. The van der Waals surface area contributed by atoms with Gasteiger partial charge in [0.1, 0.15) is 5.69 Å². The van der Waals surface area contributed by atoms with Gasteiger partial charge in [-0.05, 0) is 12.1 Å². The van der Waals surface area contributed by atoms with Crippen LogP contribution < -0.4 is 5.32 Å². The molecule has 0 aromatic carbocycles. The Bertz CT molecular complexity index is 593. The number of rotatable bonds is 1. The zero-order chi connectivity index (χ0) is 11.8. The predicted octanol–water partition coefficient (Wildman–Crippen LogP) is 0.828. The molecule has 2 aromatic heterocycles. The normalized spacial score (nSPS) is 14.3. The first-order valence-electron chi connectivity index (χ1n) is 5.21. The Morgan fingerprint density at radius 1 is 1.47 bits per heavy atom. The maximum absolute atomic E-state index is 13.5. The molecule has 86 valence electrons. The molecule has 17 heavy (non-hydrogen) atoms. The molecule has 0 radical (unpaired) electrons. The molecule has 0 saturated heterocycles. The molecule has 1 N–H and O–H groups in total. The lowest BCUT2D eigenvalue weighted by molar-refractivity contribution is 0.0924. The summed E-state index contributed by atoms with van der Waals surface area (Å²) in [7, 11) is 0. The highest BCUT2D eigenvalue weighted by Crippen LogP contribution is 2.22. The lowest BCUT2D eigenvalue weighted by atomic mass is 10.2. The van der Waals surface area contributed by atoms with Crippen LogP contribution in [0.2, 0.25) is 0 Å². The van der Waals surface area contributed by atoms with Crippen molar-refractivity contribution in [2.24, 2.45) is 0 Å². The van der Waals surface area contributed by atoms with Crippen LogP contribution >= 0.6 is 0 Å². The van der Waals surface area contributed by atoms with E-state index in [0.29, 0.717) is 30.0 Å². The standard InChI is InChI=1S/C11H9FN4O/c12-8-6-13-2-1-7(8)9-5-10-11(17)14-3-4-16(10)15-9/h1-2,5-6H,3-4H2,(H,14,17). The van der Waals surface area contributed by atoms with Crippen LogP contribution in [-0.4, -0.2) is 27.2 Å². The van der Waals surface area contributed by atoms with Crippen molar-refractivity contribution in [1.82, 2.24) is 20.1 Å². The Morgan fingerprint density at radius 3 is 3.12 bits per heavy atom. The van der Waals surface area contributed by atoms with E-state index in [9.17, 15) is 9.18 Å². The third-order valence-corrected chi connectivity index (χ3v) is 2.67. The minimum Gasteiger partial charge on any atom is -0.349 e. The summed E-state index contributed by atoms with van der Waals surface area (Å²) in [4.78, 5) is 15.2. The van der Waals surface area contributed by atoms with Gasteiger partial charge in [0.2, 0.25) is 0 Å². The third kappa shape index (κ3) is 1.57. The number of nitrogens with zero attached hydrogens (tertiary/aromatic N) is 3. The number of hydrogen-bond acceptors (Lipinski definition) is 3. The molecule has 0 spiro atoms. The van der Waals surface area contributed by atoms with E-state index >= 15 is 0 Å². The van der Waals surface area contributed by atoms with Crippen molar-refractivity contribution in [2.45, 2.75) is 6.54 Å². The van der Waals surface area contributed by atoms with Gasteiger partial charge in [0, 0.05) is 18.3 Å². The third-order valence-electron chi connectivity index (χ3n) is 2.67. The molecule has 6 heteroatoms. The van der Waals surface area contributed by atoms with Crippen LogP contribution in [0.1, 0.15) is 10.5 Å². The smallest absolute Gasteiger partial charge is 0.269 e. The second-order valence-electron chi connectivity index (χ2n) is 3.75. The van der Waals surface area contributed by atoms with E-state index in [1.165, 1.54) is 6.20 Å². The summed E-state index contributed by atoms with van der Waals surface area (Å²) in [5.41, 5.74) is 1.27. The Balaban J connectivity index is 2.11. The molecule has 0 saturated carbocycles. The van der Waals surface area contributed by atoms with Crippen LogP contribution in [0.25, 0.3) is 11.3 Å². The lowest BCUT2D eigenvalue weighted by Crippen LogP contribution is -2.35. The van der Waals surface area contributed by atoms with Crippen LogP contribution in [-0.2, 0) is 6.54 Å². The van der Waals surface area contributed by atoms with Gasteiger partial charge < -0.3 is 5.32 Å². The van der Waals surface area contributed by atoms with Crippen LogP contribution in [0, 0.1) is 5.82 Å². The molecule has 3 heterocycles. The first kappa shape index (κ1) is 9.95. The number of halogens is 1. The van der Waals surface area contributed by atoms with E-state index in [1.807, 2.05) is 0 Å². The van der Waals surface area contributed by atoms with Crippen molar-refractivity contribution >= 4 is 5.91 Å². The molecule has 0 atom stereocenters. The maximum Gasteiger partial charge on any atom is 0.269 e. The number of carbonyl (C=O) groups excluding carboxylic acids is 1. The van der Waals surface area contributed by atoms with E-state index in [0.717, 1.165) is 6.20 Å². The second kappa shape index (κ2) is 3.65. The van der Waals surface area contributed by atoms with Crippen LogP contribution in [0.15, 0.2) is 24.5 Å². The van der Waals surface area contributed by atoms with Crippen molar-refractivity contribution in [1.29, 1.82) is 0 Å². The summed E-state index contributed by atoms with van der Waals surface area (Å²) in [6, 6.07) is 3.13. The van der Waals surface area contributed by atoms with Gasteiger partial charge in [0.15, 0.2) is 5.82 Å². The molecular formula is C11H9FN4O. The van der Waals surface area contributed by atoms with Crippen molar-refractivity contribution < 1.29 is 9.18 Å². The largest absolute Gasteiger partial charge is 0.349 e. The Labute approximate surface area is 96.3 Å². The van der Waals surface area contributed by atoms with Gasteiger partial charge in [-0.2, -0.15) is 5.10 Å². The highest BCUT2D eigenvalue weighted by Gasteiger charge is 2.20. The number of nitrogens with one attached hydrogen (secondary N) is 1. The van der Waals surface area contributed by atoms with Gasteiger partial charge in [-0.15, -0.1) is 0 Å². The Morgan fingerprint density at radius 2 is 2.35 bits per heavy atom. The molecule has 2 aromatic rings. The van der Waals surface area contributed by atoms with Crippen molar-refractivity contribution in [2.75, 3.05) is 6.54 Å². The molecule has 0 bridgehead atoms. The summed E-state index contributed by atoms with van der Waals surface area (Å²) >= 11 is 0. The van der Waals surface area contributed by atoms with E-state index in [-0.39, 0.29) is 5.91 Å². The van der Waals surface area contributed by atoms with Gasteiger partial charge in [-0.1, -0.05) is 0 Å². The first-order chi connectivity index (χ1) is 8.25. The highest BCUT2D eigenvalue weighted by molar-refractivity contribution is 5.94. The van der Waals surface area contributed by atoms with Gasteiger partial charge in [0.25, 0.3) is 5.91 Å². The monoisotopic (exact) mass is 232 g/mol. The second-order valence-corrected chi connectivity index (χ2v) is 3.75. The van der Waals surface area contributed by atoms with Gasteiger partial charge in [0.05, 0.1) is 18.4 Å². The number of fused-ring (bicyclic) bond motifs is 1. The van der Waals surface area contributed by atoms with E-state index in [1.54, 1.807) is 16.8 Å². The molecule has 5 nitrogen and oxygen atoms in total. The van der Waals surface area contributed by atoms with Gasteiger partial charge in [-0.25, -0.2) is 4.39 Å². The topological polar surface area (TPSA) is 59.8 Å². The fourth-order valence-corrected chi connectivity index (χ4v) is 1.85. The molecule has 3 rings (SSSR count). The number of hydrogen-bond donors (Lipinski definition) is 1. The molecule has 0 unspecified atom stereocenters. The molecule has 0 aliphatic carbocycles. The van der Waals surface area contributed by atoms with Crippen molar-refractivity contribution in [3.05, 3.63) is 36.0 Å². The summed E-state index contributed by atoms with van der Waals surface area (Å²) in [5.74, 6) is -0.618. The summed E-state index contributed by atoms with van der Waals surface area (Å²) in [5, 5.41) is 6.93. The fraction of sp³-hybridized carbons (Fsp3) is 0.182. The number of aromatic nitrogens is 3. The van der Waals surface area contributed by atoms with Crippen LogP contribution in [0.5, 0.6) is 0 Å². The average molecular weight is 232 g/mol. The molecule has 1 amide bonds. The average Bonchev–Trinajstić information content (AvgIpc) is 2.75. The van der Waals surface area contributed by atoms with Crippen LogP contribution in [0.4, 0.5) is 4.39 Å². The van der Waals surface area contributed by atoms with Crippen molar-refractivity contribution in [3.63, 3.8) is 0 Å². The minimum atomic E-state index is -0.441. The molecule has 0 fully saturated rings. The number of pyridine rings is 1. The number of amides is 1. The quantitative estimate of drug-likeness (QED) is 0.792. The van der Waals surface area contributed by atoms with E-state index in [2.05, 4.69) is 15.4 Å². The Hall–Kier alpha value is -2.24. The fourth-order valence-electron chi connectivity index (χ4n) is 1.85. The van der Waals surface area contributed by atoms with E-state index in [4.69, 9.17) is 0 Å². The highest BCUT2D eigenvalue weighted by atomic mass is 19.1. The number of carbonyl (C=O) groups is 1. The summed E-state index contributed by atoms with van der Waals surface area (Å²) in [6.07, 6.45) is 2.63. The van der Waals surface area contributed by atoms with Gasteiger partial charge >= 0.3 is 0 Å². The molecule has 1 aliphatic rings. The zero-order valence-corrected chi connectivity index (χ0v) is 8.85. The SMILES string of the molecule is O=C1NCCn2nc(-c3ccncc3F)cc21.